The molecule has 2 rings (SSSR count). The summed E-state index contributed by atoms with van der Waals surface area (Å²) in [6.07, 6.45) is 0. The smallest absolute Gasteiger partial charge is 0.313 e. The number of carbonyl (C=O) groups is 2. The Kier molecular flexibility index (Phi) is 11.9. The first kappa shape index (κ1) is 23.9. The molecule has 2 aromatic rings. The van der Waals surface area contributed by atoms with Crippen LogP contribution in [0, 0.1) is 0 Å². The van der Waals surface area contributed by atoms with Crippen LogP contribution in [0.4, 0.5) is 11.4 Å². The predicted molar refractivity (Wildman–Crippen MR) is 126 cm³/mol. The molecular weight excluding hydrogens is 436 g/mol. The lowest BCUT2D eigenvalue weighted by molar-refractivity contribution is -0.134. The second-order valence-corrected chi connectivity index (χ2v) is 8.23. The average molecular weight is 455 g/mol. The minimum absolute atomic E-state index is 0.0152. The Morgan fingerprint density at radius 2 is 1.04 bits per heavy atom. The van der Waals surface area contributed by atoms with Gasteiger partial charge in [0.25, 0.3) is 0 Å². The summed E-state index contributed by atoms with van der Waals surface area (Å²) in [5.41, 5.74) is 1.74. The van der Waals surface area contributed by atoms with Crippen LogP contribution in [0.2, 0.25) is 0 Å². The summed E-state index contributed by atoms with van der Waals surface area (Å²) < 4.78 is 0.942. The summed E-state index contributed by atoms with van der Waals surface area (Å²) >= 11 is 12.1. The van der Waals surface area contributed by atoms with Gasteiger partial charge in [-0.1, -0.05) is 84.4 Å². The maximum Gasteiger partial charge on any atom is 0.313 e. The number of para-hydroxylation sites is 2. The van der Waals surface area contributed by atoms with Gasteiger partial charge in [-0.05, 0) is 24.3 Å². The second kappa shape index (κ2) is 13.9. The summed E-state index contributed by atoms with van der Waals surface area (Å²) in [6.45, 7) is 0. The summed E-state index contributed by atoms with van der Waals surface area (Å²) in [4.78, 5) is 20.5. The summed E-state index contributed by atoms with van der Waals surface area (Å²) in [5, 5.41) is 22.7. The molecule has 6 nitrogen and oxygen atoms in total. The zero-order valence-corrected chi connectivity index (χ0v) is 17.8. The fourth-order valence-electron chi connectivity index (χ4n) is 1.61. The van der Waals surface area contributed by atoms with Crippen molar-refractivity contribution in [3.8, 4) is 0 Å². The number of anilines is 2. The Balaban J connectivity index is 0.000000280. The molecule has 0 saturated carbocycles. The van der Waals surface area contributed by atoms with E-state index in [9.17, 15) is 9.59 Å². The number of rotatable bonds is 6. The van der Waals surface area contributed by atoms with Gasteiger partial charge in [0.2, 0.25) is 0 Å². The van der Waals surface area contributed by atoms with Crippen molar-refractivity contribution in [2.24, 2.45) is 0 Å². The maximum absolute atomic E-state index is 10.2. The van der Waals surface area contributed by atoms with E-state index in [1.54, 1.807) is 0 Å². The van der Waals surface area contributed by atoms with Crippen LogP contribution in [0.25, 0.3) is 0 Å². The molecule has 0 bridgehead atoms. The van der Waals surface area contributed by atoms with Crippen LogP contribution in [-0.2, 0) is 9.59 Å². The molecule has 0 aromatic heterocycles. The summed E-state index contributed by atoms with van der Waals surface area (Å²) in [7, 11) is 0. The van der Waals surface area contributed by atoms with Gasteiger partial charge in [-0.15, -0.1) is 0 Å². The lowest BCUT2D eigenvalue weighted by atomic mass is 10.3. The van der Waals surface area contributed by atoms with Crippen molar-refractivity contribution < 1.29 is 19.8 Å². The van der Waals surface area contributed by atoms with E-state index in [1.165, 1.54) is 0 Å². The molecule has 2 aromatic carbocycles. The zero-order valence-electron chi connectivity index (χ0n) is 14.5. The standard InChI is InChI=1S/2C9H9NO2S2/c2*11-8(12)6-14-9(13)10-7-4-2-1-3-5-7/h2*1-5H,6H2,(H,10,13)(H,11,12). The first-order chi connectivity index (χ1) is 13.4. The van der Waals surface area contributed by atoms with Gasteiger partial charge in [0.05, 0.1) is 11.5 Å². The van der Waals surface area contributed by atoms with Crippen molar-refractivity contribution in [1.29, 1.82) is 0 Å². The molecule has 10 heteroatoms. The molecule has 0 spiro atoms. The zero-order chi connectivity index (χ0) is 20.8. The molecule has 0 atom stereocenters. The number of thioether (sulfide) groups is 2. The van der Waals surface area contributed by atoms with Crippen molar-refractivity contribution in [3.05, 3.63) is 60.7 Å². The third-order valence-corrected chi connectivity index (χ3v) is 5.12. The van der Waals surface area contributed by atoms with Crippen molar-refractivity contribution >= 4 is 79.9 Å². The van der Waals surface area contributed by atoms with E-state index in [0.717, 1.165) is 34.9 Å². The fraction of sp³-hybridized carbons (Fsp3) is 0.111. The molecule has 28 heavy (non-hydrogen) atoms. The molecule has 0 unspecified atom stereocenters. The largest absolute Gasteiger partial charge is 0.481 e. The number of carboxylic acid groups (broad SMARTS) is 2. The van der Waals surface area contributed by atoms with Gasteiger partial charge < -0.3 is 20.8 Å². The Bertz CT molecular complexity index is 721. The van der Waals surface area contributed by atoms with E-state index in [-0.39, 0.29) is 11.5 Å². The van der Waals surface area contributed by atoms with E-state index in [4.69, 9.17) is 34.6 Å². The lowest BCUT2D eigenvalue weighted by Gasteiger charge is -2.05. The molecule has 0 saturated heterocycles. The summed E-state index contributed by atoms with van der Waals surface area (Å²) in [5.74, 6) is -1.77. The molecule has 0 aliphatic heterocycles. The van der Waals surface area contributed by atoms with Gasteiger partial charge in [-0.3, -0.25) is 9.59 Å². The monoisotopic (exact) mass is 454 g/mol. The van der Waals surface area contributed by atoms with Crippen LogP contribution < -0.4 is 10.6 Å². The van der Waals surface area contributed by atoms with Crippen molar-refractivity contribution in [2.45, 2.75) is 0 Å². The number of hydrogen-bond donors (Lipinski definition) is 4. The van der Waals surface area contributed by atoms with E-state index in [0.29, 0.717) is 8.64 Å². The lowest BCUT2D eigenvalue weighted by Crippen LogP contribution is -2.08. The number of aliphatic carboxylic acids is 2. The normalized spacial score (nSPS) is 9.43. The third kappa shape index (κ3) is 12.3. The van der Waals surface area contributed by atoms with Gasteiger partial charge in [0, 0.05) is 11.4 Å². The fourth-order valence-corrected chi connectivity index (χ4v) is 3.08. The average Bonchev–Trinajstić information content (AvgIpc) is 2.67. The minimum atomic E-state index is -0.868. The topological polar surface area (TPSA) is 98.7 Å². The highest BCUT2D eigenvalue weighted by molar-refractivity contribution is 8.24. The Morgan fingerprint density at radius 3 is 1.32 bits per heavy atom. The van der Waals surface area contributed by atoms with Crippen LogP contribution in [0.15, 0.2) is 60.7 Å². The van der Waals surface area contributed by atoms with Gasteiger partial charge in [-0.2, -0.15) is 0 Å². The Morgan fingerprint density at radius 1 is 0.714 bits per heavy atom. The van der Waals surface area contributed by atoms with E-state index < -0.39 is 11.9 Å². The first-order valence-corrected chi connectivity index (χ1v) is 10.6. The Hall–Kier alpha value is -2.14. The van der Waals surface area contributed by atoms with E-state index in [1.807, 2.05) is 60.7 Å². The highest BCUT2D eigenvalue weighted by Gasteiger charge is 2.02. The minimum Gasteiger partial charge on any atom is -0.481 e. The number of hydrogen-bond acceptors (Lipinski definition) is 6. The second-order valence-electron chi connectivity index (χ2n) is 4.92. The molecule has 0 aliphatic rings. The third-order valence-electron chi connectivity index (χ3n) is 2.69. The van der Waals surface area contributed by atoms with Crippen molar-refractivity contribution in [2.75, 3.05) is 22.1 Å². The van der Waals surface area contributed by atoms with Crippen molar-refractivity contribution in [3.63, 3.8) is 0 Å². The van der Waals surface area contributed by atoms with E-state index in [2.05, 4.69) is 10.6 Å². The molecule has 0 aliphatic carbocycles. The van der Waals surface area contributed by atoms with Gasteiger partial charge in [-0.25, -0.2) is 0 Å². The molecule has 0 heterocycles. The quantitative estimate of drug-likeness (QED) is 0.470. The molecule has 0 amide bonds. The van der Waals surface area contributed by atoms with Crippen LogP contribution in [0.1, 0.15) is 0 Å². The van der Waals surface area contributed by atoms with E-state index >= 15 is 0 Å². The first-order valence-electron chi connectivity index (χ1n) is 7.78. The van der Waals surface area contributed by atoms with Crippen LogP contribution in [-0.4, -0.2) is 42.3 Å². The SMILES string of the molecule is O=C(O)CSC(=S)Nc1ccccc1.O=C(O)CSC(=S)Nc1ccccc1. The van der Waals surface area contributed by atoms with Gasteiger partial charge in [0.15, 0.2) is 0 Å². The molecular formula is C18H18N2O4S4. The Labute approximate surface area is 182 Å². The molecule has 148 valence electrons. The molecule has 4 N–H and O–H groups in total. The molecule has 0 fully saturated rings. The summed E-state index contributed by atoms with van der Waals surface area (Å²) in [6, 6.07) is 18.8. The molecule has 0 radical (unpaired) electrons. The van der Waals surface area contributed by atoms with Crippen LogP contribution >= 0.6 is 48.0 Å². The van der Waals surface area contributed by atoms with Gasteiger partial charge in [0.1, 0.15) is 8.64 Å². The number of carboxylic acids is 2. The van der Waals surface area contributed by atoms with Crippen LogP contribution in [0.5, 0.6) is 0 Å². The van der Waals surface area contributed by atoms with Crippen molar-refractivity contribution in [1.82, 2.24) is 0 Å². The number of benzene rings is 2. The highest BCUT2D eigenvalue weighted by Crippen LogP contribution is 2.11. The van der Waals surface area contributed by atoms with Crippen LogP contribution in [0.3, 0.4) is 0 Å². The van der Waals surface area contributed by atoms with Gasteiger partial charge >= 0.3 is 11.9 Å². The number of nitrogens with one attached hydrogen (secondary N) is 2. The predicted octanol–water partition coefficient (Wildman–Crippen LogP) is 4.40. The number of thiocarbonyl (C=S) groups is 2. The highest BCUT2D eigenvalue weighted by atomic mass is 32.2. The maximum atomic E-state index is 10.2.